The molecule has 0 aliphatic carbocycles. The molecule has 0 heterocycles. The molecule has 14 heavy (non-hydrogen) atoms. The van der Waals surface area contributed by atoms with Crippen LogP contribution in [0.5, 0.6) is 0 Å². The van der Waals surface area contributed by atoms with Gasteiger partial charge in [-0.1, -0.05) is 0 Å². The number of aromatic carboxylic acids is 1. The Morgan fingerprint density at radius 1 is 1.21 bits per heavy atom. The van der Waals surface area contributed by atoms with E-state index in [2.05, 4.69) is 0 Å². The van der Waals surface area contributed by atoms with Crippen molar-refractivity contribution in [1.82, 2.24) is 0 Å². The van der Waals surface area contributed by atoms with Crippen LogP contribution >= 0.6 is 0 Å². The van der Waals surface area contributed by atoms with Crippen LogP contribution in [0.3, 0.4) is 0 Å². The van der Waals surface area contributed by atoms with Crippen molar-refractivity contribution >= 4 is 24.9 Å². The molecule has 0 fully saturated rings. The van der Waals surface area contributed by atoms with Gasteiger partial charge in [0.05, 0.1) is 0 Å². The van der Waals surface area contributed by atoms with Crippen molar-refractivity contribution in [1.29, 1.82) is 0 Å². The summed E-state index contributed by atoms with van der Waals surface area (Å²) in [6, 6.07) is 2.68. The van der Waals surface area contributed by atoms with Gasteiger partial charge in [-0.3, -0.25) is 0 Å². The van der Waals surface area contributed by atoms with E-state index in [1.807, 2.05) is 0 Å². The van der Waals surface area contributed by atoms with Crippen LogP contribution in [0.15, 0.2) is 12.1 Å². The van der Waals surface area contributed by atoms with Gasteiger partial charge in [0.25, 0.3) is 0 Å². The third kappa shape index (κ3) is 1.85. The molecule has 1 aromatic carbocycles. The van der Waals surface area contributed by atoms with Crippen molar-refractivity contribution in [3.63, 3.8) is 0 Å². The molecule has 1 rings (SSSR count). The number of rotatable bonds is 2. The second-order valence-corrected chi connectivity index (χ2v) is 5.03. The van der Waals surface area contributed by atoms with Gasteiger partial charge in [-0.15, -0.1) is 0 Å². The molecule has 0 radical (unpaired) electrons. The van der Waals surface area contributed by atoms with E-state index in [0.717, 1.165) is 0 Å². The SMILES string of the molecule is Cc1c(C(=O)O)ccc([As](=O)=O)c1C. The molecule has 0 aliphatic heterocycles. The third-order valence-corrected chi connectivity index (χ3v) is 4.03. The van der Waals surface area contributed by atoms with E-state index in [0.29, 0.717) is 11.1 Å². The van der Waals surface area contributed by atoms with Crippen molar-refractivity contribution in [2.24, 2.45) is 0 Å². The molecular formula is C9H9AsO4. The topological polar surface area (TPSA) is 71.4 Å². The number of hydrogen-bond donors (Lipinski definition) is 1. The third-order valence-electron chi connectivity index (χ3n) is 2.19. The van der Waals surface area contributed by atoms with Crippen molar-refractivity contribution in [3.05, 3.63) is 28.8 Å². The summed E-state index contributed by atoms with van der Waals surface area (Å²) in [6.45, 7) is 3.23. The number of carboxylic acids is 1. The summed E-state index contributed by atoms with van der Waals surface area (Å²) in [7, 11) is 0. The molecule has 0 saturated heterocycles. The van der Waals surface area contributed by atoms with Gasteiger partial charge in [0, 0.05) is 0 Å². The van der Waals surface area contributed by atoms with E-state index in [1.54, 1.807) is 13.8 Å². The molecule has 0 aliphatic rings. The van der Waals surface area contributed by atoms with Gasteiger partial charge in [-0.05, 0) is 0 Å². The summed E-state index contributed by atoms with van der Waals surface area (Å²) in [6.07, 6.45) is 0. The van der Waals surface area contributed by atoms with Crippen LogP contribution in [0.1, 0.15) is 21.5 Å². The van der Waals surface area contributed by atoms with Crippen molar-refractivity contribution in [3.8, 4) is 0 Å². The molecular weight excluding hydrogens is 247 g/mol. The summed E-state index contributed by atoms with van der Waals surface area (Å²) in [5, 5.41) is 8.78. The monoisotopic (exact) mass is 256 g/mol. The predicted octanol–water partition coefficient (Wildman–Crippen LogP) is 0.558. The summed E-state index contributed by atoms with van der Waals surface area (Å²) < 4.78 is 21.9. The van der Waals surface area contributed by atoms with Crippen LogP contribution in [0.4, 0.5) is 0 Å². The van der Waals surface area contributed by atoms with E-state index >= 15 is 0 Å². The molecule has 4 nitrogen and oxygen atoms in total. The van der Waals surface area contributed by atoms with Crippen molar-refractivity contribution < 1.29 is 17.4 Å². The molecule has 0 spiro atoms. The minimum absolute atomic E-state index is 0.155. The number of carbonyl (C=O) groups is 1. The zero-order valence-electron chi connectivity index (χ0n) is 7.77. The van der Waals surface area contributed by atoms with Gasteiger partial charge in [-0.25, -0.2) is 0 Å². The summed E-state index contributed by atoms with van der Waals surface area (Å²) in [5.74, 6) is -1.03. The van der Waals surface area contributed by atoms with Crippen LogP contribution in [0, 0.1) is 13.8 Å². The Morgan fingerprint density at radius 3 is 2.21 bits per heavy atom. The second kappa shape index (κ2) is 3.93. The van der Waals surface area contributed by atoms with E-state index in [4.69, 9.17) is 5.11 Å². The Bertz CT molecular complexity index is 452. The Hall–Kier alpha value is -1.15. The molecule has 0 atom stereocenters. The predicted molar refractivity (Wildman–Crippen MR) is 49.6 cm³/mol. The quantitative estimate of drug-likeness (QED) is 0.784. The number of carboxylic acid groups (broad SMARTS) is 1. The van der Waals surface area contributed by atoms with Gasteiger partial charge >= 0.3 is 84.9 Å². The maximum atomic E-state index is 10.8. The molecule has 1 N–H and O–H groups in total. The minimum atomic E-state index is -3.41. The zero-order chi connectivity index (χ0) is 10.9. The van der Waals surface area contributed by atoms with E-state index in [1.165, 1.54) is 12.1 Å². The van der Waals surface area contributed by atoms with Crippen molar-refractivity contribution in [2.75, 3.05) is 0 Å². The Labute approximate surface area is 85.3 Å². The summed E-state index contributed by atoms with van der Waals surface area (Å²) in [5.41, 5.74) is 1.21. The molecule has 0 bridgehead atoms. The average Bonchev–Trinajstić information content (AvgIpc) is 2.08. The number of hydrogen-bond acceptors (Lipinski definition) is 3. The van der Waals surface area contributed by atoms with E-state index in [-0.39, 0.29) is 9.91 Å². The van der Waals surface area contributed by atoms with Gasteiger partial charge < -0.3 is 0 Å². The maximum absolute atomic E-state index is 10.8. The van der Waals surface area contributed by atoms with Gasteiger partial charge in [0.1, 0.15) is 0 Å². The van der Waals surface area contributed by atoms with Crippen LogP contribution < -0.4 is 4.35 Å². The second-order valence-electron chi connectivity index (χ2n) is 2.94. The fraction of sp³-hybridized carbons (Fsp3) is 0.222. The Kier molecular flexibility index (Phi) is 3.06. The van der Waals surface area contributed by atoms with Gasteiger partial charge in [0.2, 0.25) is 0 Å². The molecule has 0 unspecified atom stereocenters. The molecule has 0 saturated carbocycles. The standard InChI is InChI=1S/C9H9AsO4/c1-5-6(2)8(10(13)14)4-3-7(5)9(11)12/h3-4H,1-2H3,(H,11,12). The average molecular weight is 256 g/mol. The summed E-state index contributed by atoms with van der Waals surface area (Å²) >= 11 is -3.41. The molecule has 5 heteroatoms. The molecule has 1 aromatic rings. The van der Waals surface area contributed by atoms with Crippen molar-refractivity contribution in [2.45, 2.75) is 13.8 Å². The van der Waals surface area contributed by atoms with Crippen LogP contribution in [-0.2, 0) is 7.48 Å². The first-order valence-corrected chi connectivity index (χ1v) is 6.40. The van der Waals surface area contributed by atoms with Crippen LogP contribution in [0.2, 0.25) is 0 Å². The Morgan fingerprint density at radius 2 is 1.79 bits per heavy atom. The normalized spacial score (nSPS) is 9.86. The fourth-order valence-electron chi connectivity index (χ4n) is 1.24. The summed E-state index contributed by atoms with van der Waals surface area (Å²) in [4.78, 5) is 10.7. The zero-order valence-corrected chi connectivity index (χ0v) is 9.65. The first-order chi connectivity index (χ1) is 6.45. The van der Waals surface area contributed by atoms with Gasteiger partial charge in [0.15, 0.2) is 0 Å². The van der Waals surface area contributed by atoms with Gasteiger partial charge in [-0.2, -0.15) is 0 Å². The fourth-order valence-corrected chi connectivity index (χ4v) is 2.57. The number of benzene rings is 1. The molecule has 0 amide bonds. The van der Waals surface area contributed by atoms with Crippen LogP contribution in [0.25, 0.3) is 0 Å². The van der Waals surface area contributed by atoms with E-state index in [9.17, 15) is 12.3 Å². The molecule has 0 aromatic heterocycles. The van der Waals surface area contributed by atoms with Crippen LogP contribution in [-0.4, -0.2) is 25.6 Å². The first-order valence-electron chi connectivity index (χ1n) is 3.93. The first kappa shape index (κ1) is 10.9. The molecule has 74 valence electrons. The Balaban J connectivity index is 3.48. The van der Waals surface area contributed by atoms with E-state index < -0.39 is 20.5 Å².